The second-order valence-corrected chi connectivity index (χ2v) is 6.43. The smallest absolute Gasteiger partial charge is 0.251 e. The van der Waals surface area contributed by atoms with Crippen molar-refractivity contribution in [3.05, 3.63) is 54.1 Å². The number of ether oxygens (including phenoxy) is 1. The van der Waals surface area contributed by atoms with Gasteiger partial charge in [0.1, 0.15) is 5.75 Å². The van der Waals surface area contributed by atoms with Crippen LogP contribution < -0.4 is 20.7 Å². The Morgan fingerprint density at radius 1 is 0.963 bits per heavy atom. The van der Waals surface area contributed by atoms with E-state index in [0.29, 0.717) is 17.8 Å². The molecule has 144 valence electrons. The van der Waals surface area contributed by atoms with Crippen LogP contribution in [0.25, 0.3) is 0 Å². The van der Waals surface area contributed by atoms with Crippen molar-refractivity contribution in [1.29, 1.82) is 0 Å². The summed E-state index contributed by atoms with van der Waals surface area (Å²) in [4.78, 5) is 23.9. The lowest BCUT2D eigenvalue weighted by Crippen LogP contribution is -2.24. The molecule has 2 aromatic carbocycles. The van der Waals surface area contributed by atoms with E-state index in [2.05, 4.69) is 16.0 Å². The van der Waals surface area contributed by atoms with Gasteiger partial charge < -0.3 is 20.7 Å². The summed E-state index contributed by atoms with van der Waals surface area (Å²) in [5.41, 5.74) is 2.08. The predicted molar refractivity (Wildman–Crippen MR) is 108 cm³/mol. The first-order valence-corrected chi connectivity index (χ1v) is 9.16. The van der Waals surface area contributed by atoms with E-state index in [1.807, 2.05) is 32.9 Å². The Morgan fingerprint density at radius 3 is 2.19 bits per heavy atom. The molecule has 0 unspecified atom stereocenters. The van der Waals surface area contributed by atoms with Gasteiger partial charge in [0.2, 0.25) is 5.91 Å². The van der Waals surface area contributed by atoms with Crippen molar-refractivity contribution < 1.29 is 14.3 Å². The maximum atomic E-state index is 12.1. The van der Waals surface area contributed by atoms with Crippen LogP contribution in [0.2, 0.25) is 0 Å². The average Bonchev–Trinajstić information content (AvgIpc) is 2.66. The molecule has 0 bridgehead atoms. The monoisotopic (exact) mass is 369 g/mol. The quantitative estimate of drug-likeness (QED) is 0.630. The van der Waals surface area contributed by atoms with E-state index in [-0.39, 0.29) is 24.5 Å². The van der Waals surface area contributed by atoms with Gasteiger partial charge in [-0.05, 0) is 68.8 Å². The van der Waals surface area contributed by atoms with Gasteiger partial charge in [-0.25, -0.2) is 0 Å². The van der Waals surface area contributed by atoms with Gasteiger partial charge in [-0.3, -0.25) is 9.59 Å². The highest BCUT2D eigenvalue weighted by atomic mass is 16.5. The summed E-state index contributed by atoms with van der Waals surface area (Å²) in [6.45, 7) is 6.72. The number of amides is 2. The van der Waals surface area contributed by atoms with Crippen LogP contribution in [0.1, 0.15) is 37.6 Å². The predicted octanol–water partition coefficient (Wildman–Crippen LogP) is 3.66. The van der Waals surface area contributed by atoms with Crippen LogP contribution in [0, 0.1) is 0 Å². The molecule has 2 amide bonds. The molecule has 0 aliphatic carbocycles. The summed E-state index contributed by atoms with van der Waals surface area (Å²) >= 11 is 0. The number of carbonyl (C=O) groups is 2. The van der Waals surface area contributed by atoms with Crippen molar-refractivity contribution in [3.8, 4) is 5.75 Å². The molecule has 2 rings (SSSR count). The molecular formula is C21H27N3O3. The number of nitrogens with one attached hydrogen (secondary N) is 3. The van der Waals surface area contributed by atoms with Crippen molar-refractivity contribution in [1.82, 2.24) is 5.32 Å². The van der Waals surface area contributed by atoms with Gasteiger partial charge >= 0.3 is 0 Å². The van der Waals surface area contributed by atoms with Crippen molar-refractivity contribution >= 4 is 23.2 Å². The SMILES string of the molecule is CCCNC(=O)c1ccc(NCC(=O)Nc2ccc(OC(C)C)cc2)cc1. The zero-order chi connectivity index (χ0) is 19.6. The van der Waals surface area contributed by atoms with Crippen molar-refractivity contribution in [3.63, 3.8) is 0 Å². The van der Waals surface area contributed by atoms with Gasteiger partial charge in [0, 0.05) is 23.5 Å². The highest BCUT2D eigenvalue weighted by molar-refractivity contribution is 5.95. The molecule has 0 atom stereocenters. The Labute approximate surface area is 160 Å². The van der Waals surface area contributed by atoms with Crippen LogP contribution in [0.15, 0.2) is 48.5 Å². The number of hydrogen-bond donors (Lipinski definition) is 3. The molecule has 0 aromatic heterocycles. The number of carbonyl (C=O) groups excluding carboxylic acids is 2. The number of rotatable bonds is 9. The second-order valence-electron chi connectivity index (χ2n) is 6.43. The normalized spacial score (nSPS) is 10.4. The Hall–Kier alpha value is -3.02. The highest BCUT2D eigenvalue weighted by Crippen LogP contribution is 2.17. The fourth-order valence-corrected chi connectivity index (χ4v) is 2.36. The van der Waals surface area contributed by atoms with E-state index in [4.69, 9.17) is 4.74 Å². The molecule has 3 N–H and O–H groups in total. The molecule has 0 aliphatic heterocycles. The van der Waals surface area contributed by atoms with E-state index in [9.17, 15) is 9.59 Å². The van der Waals surface area contributed by atoms with Gasteiger partial charge in [-0.2, -0.15) is 0 Å². The van der Waals surface area contributed by atoms with Crippen LogP contribution in [0.3, 0.4) is 0 Å². The standard InChI is InChI=1S/C21H27N3O3/c1-4-13-22-21(26)16-5-7-17(8-6-16)23-14-20(25)24-18-9-11-19(12-10-18)27-15(2)3/h5-12,15,23H,4,13-14H2,1-3H3,(H,22,26)(H,24,25). The maximum absolute atomic E-state index is 12.1. The molecule has 0 saturated heterocycles. The number of hydrogen-bond acceptors (Lipinski definition) is 4. The van der Waals surface area contributed by atoms with Crippen LogP contribution in [-0.2, 0) is 4.79 Å². The molecule has 0 spiro atoms. The van der Waals surface area contributed by atoms with Gasteiger partial charge in [0.25, 0.3) is 5.91 Å². The Morgan fingerprint density at radius 2 is 1.59 bits per heavy atom. The Balaban J connectivity index is 1.80. The highest BCUT2D eigenvalue weighted by Gasteiger charge is 2.06. The summed E-state index contributed by atoms with van der Waals surface area (Å²) < 4.78 is 5.57. The molecule has 0 saturated carbocycles. The second kappa shape index (κ2) is 10.2. The molecule has 0 fully saturated rings. The first kappa shape index (κ1) is 20.3. The molecule has 0 aliphatic rings. The van der Waals surface area contributed by atoms with E-state index >= 15 is 0 Å². The van der Waals surface area contributed by atoms with Crippen LogP contribution in [0.5, 0.6) is 5.75 Å². The average molecular weight is 369 g/mol. The van der Waals surface area contributed by atoms with Crippen LogP contribution >= 0.6 is 0 Å². The van der Waals surface area contributed by atoms with E-state index in [1.54, 1.807) is 36.4 Å². The summed E-state index contributed by atoms with van der Waals surface area (Å²) in [6.07, 6.45) is 1.01. The first-order chi connectivity index (χ1) is 13.0. The minimum absolute atomic E-state index is 0.0916. The Bertz CT molecular complexity index is 740. The van der Waals surface area contributed by atoms with E-state index in [0.717, 1.165) is 17.9 Å². The lowest BCUT2D eigenvalue weighted by atomic mass is 10.2. The fraction of sp³-hybridized carbons (Fsp3) is 0.333. The zero-order valence-electron chi connectivity index (χ0n) is 16.0. The summed E-state index contributed by atoms with van der Waals surface area (Å²) in [7, 11) is 0. The lowest BCUT2D eigenvalue weighted by Gasteiger charge is -2.11. The Kier molecular flexibility index (Phi) is 7.67. The lowest BCUT2D eigenvalue weighted by molar-refractivity contribution is -0.114. The molecule has 27 heavy (non-hydrogen) atoms. The fourth-order valence-electron chi connectivity index (χ4n) is 2.36. The van der Waals surface area contributed by atoms with Crippen molar-refractivity contribution in [2.24, 2.45) is 0 Å². The zero-order valence-corrected chi connectivity index (χ0v) is 16.0. The third kappa shape index (κ3) is 7.01. The molecule has 0 heterocycles. The van der Waals surface area contributed by atoms with Crippen LogP contribution in [0.4, 0.5) is 11.4 Å². The van der Waals surface area contributed by atoms with Crippen molar-refractivity contribution in [2.75, 3.05) is 23.7 Å². The summed E-state index contributed by atoms with van der Waals surface area (Å²) in [6, 6.07) is 14.3. The number of anilines is 2. The van der Waals surface area contributed by atoms with Crippen molar-refractivity contribution in [2.45, 2.75) is 33.3 Å². The van der Waals surface area contributed by atoms with Gasteiger partial charge in [0.05, 0.1) is 12.6 Å². The minimum Gasteiger partial charge on any atom is -0.491 e. The van der Waals surface area contributed by atoms with Gasteiger partial charge in [-0.15, -0.1) is 0 Å². The topological polar surface area (TPSA) is 79.5 Å². The largest absolute Gasteiger partial charge is 0.491 e. The van der Waals surface area contributed by atoms with Gasteiger partial charge in [-0.1, -0.05) is 6.92 Å². The summed E-state index contributed by atoms with van der Waals surface area (Å²) in [5.74, 6) is 0.521. The van der Waals surface area contributed by atoms with E-state index in [1.165, 1.54) is 0 Å². The molecule has 6 heteroatoms. The first-order valence-electron chi connectivity index (χ1n) is 9.16. The van der Waals surface area contributed by atoms with Gasteiger partial charge in [0.15, 0.2) is 0 Å². The van der Waals surface area contributed by atoms with Crippen LogP contribution in [-0.4, -0.2) is 31.0 Å². The van der Waals surface area contributed by atoms with E-state index < -0.39 is 0 Å². The molecule has 6 nitrogen and oxygen atoms in total. The maximum Gasteiger partial charge on any atom is 0.251 e. The number of benzene rings is 2. The minimum atomic E-state index is -0.155. The molecular weight excluding hydrogens is 342 g/mol. The molecule has 0 radical (unpaired) electrons. The third-order valence-electron chi connectivity index (χ3n) is 3.65. The molecule has 2 aromatic rings. The summed E-state index contributed by atoms with van der Waals surface area (Å²) in [5, 5.41) is 8.69. The third-order valence-corrected chi connectivity index (χ3v) is 3.65.